The van der Waals surface area contributed by atoms with Gasteiger partial charge in [-0.25, -0.2) is 13.6 Å². The van der Waals surface area contributed by atoms with Crippen LogP contribution in [0.25, 0.3) is 5.69 Å². The fraction of sp³-hybridized carbons (Fsp3) is 0.421. The van der Waals surface area contributed by atoms with Crippen molar-refractivity contribution in [1.29, 1.82) is 0 Å². The summed E-state index contributed by atoms with van der Waals surface area (Å²) in [4.78, 5) is 15.1. The van der Waals surface area contributed by atoms with E-state index in [1.165, 1.54) is 25.0 Å². The first-order valence-electron chi connectivity index (χ1n) is 8.85. The van der Waals surface area contributed by atoms with Gasteiger partial charge in [0.15, 0.2) is 5.78 Å². The largest absolute Gasteiger partial charge is 0.318 e. The Morgan fingerprint density at radius 2 is 1.73 bits per heavy atom. The first-order chi connectivity index (χ1) is 12.3. The summed E-state index contributed by atoms with van der Waals surface area (Å²) in [6.45, 7) is 6.85. The second-order valence-electron chi connectivity index (χ2n) is 6.88. The third kappa shape index (κ3) is 3.90. The van der Waals surface area contributed by atoms with Crippen molar-refractivity contribution >= 4 is 15.8 Å². The Bertz CT molecular complexity index is 908. The molecule has 0 saturated carbocycles. The third-order valence-corrected chi connectivity index (χ3v) is 5.94. The molecule has 7 heteroatoms. The zero-order valence-electron chi connectivity index (χ0n) is 15.2. The number of ketones is 1. The SMILES string of the molecule is Cc1cc(C(=O)CCN2CCCC2)c(C)n1-c1ccc(S(N)(=O)=O)cc1. The van der Waals surface area contributed by atoms with Gasteiger partial charge in [-0.05, 0) is 70.1 Å². The van der Waals surface area contributed by atoms with E-state index >= 15 is 0 Å². The average Bonchev–Trinajstić information content (AvgIpc) is 3.20. The maximum absolute atomic E-state index is 12.7. The maximum atomic E-state index is 12.7. The zero-order chi connectivity index (χ0) is 18.9. The van der Waals surface area contributed by atoms with Crippen molar-refractivity contribution in [2.45, 2.75) is 38.0 Å². The number of rotatable bonds is 6. The Balaban J connectivity index is 1.82. The lowest BCUT2D eigenvalue weighted by atomic mass is 10.1. The lowest BCUT2D eigenvalue weighted by Gasteiger charge is -2.13. The normalized spacial score (nSPS) is 15.5. The van der Waals surface area contributed by atoms with Gasteiger partial charge in [-0.2, -0.15) is 0 Å². The van der Waals surface area contributed by atoms with Gasteiger partial charge < -0.3 is 9.47 Å². The zero-order valence-corrected chi connectivity index (χ0v) is 16.1. The quantitative estimate of drug-likeness (QED) is 0.786. The smallest absolute Gasteiger partial charge is 0.238 e. The number of nitrogens with zero attached hydrogens (tertiary/aromatic N) is 2. The molecule has 140 valence electrons. The van der Waals surface area contributed by atoms with Gasteiger partial charge in [-0.3, -0.25) is 4.79 Å². The van der Waals surface area contributed by atoms with Crippen LogP contribution in [0.3, 0.4) is 0 Å². The van der Waals surface area contributed by atoms with Gasteiger partial charge in [0.25, 0.3) is 0 Å². The molecule has 1 aliphatic rings. The van der Waals surface area contributed by atoms with Crippen LogP contribution in [-0.2, 0) is 10.0 Å². The van der Waals surface area contributed by atoms with Crippen LogP contribution < -0.4 is 5.14 Å². The Morgan fingerprint density at radius 1 is 1.12 bits per heavy atom. The minimum Gasteiger partial charge on any atom is -0.318 e. The minimum atomic E-state index is -3.71. The first kappa shape index (κ1) is 18.8. The fourth-order valence-electron chi connectivity index (χ4n) is 3.63. The van der Waals surface area contributed by atoms with Crippen LogP contribution in [0.5, 0.6) is 0 Å². The van der Waals surface area contributed by atoms with E-state index in [1.54, 1.807) is 12.1 Å². The Labute approximate surface area is 154 Å². The number of benzene rings is 1. The monoisotopic (exact) mass is 375 g/mol. The predicted molar refractivity (Wildman–Crippen MR) is 101 cm³/mol. The number of nitrogens with two attached hydrogens (primary N) is 1. The maximum Gasteiger partial charge on any atom is 0.238 e. The molecule has 0 amide bonds. The molecule has 0 spiro atoms. The standard InChI is InChI=1S/C19H25N3O3S/c1-14-13-18(19(23)9-12-21-10-3-4-11-21)15(2)22(14)16-5-7-17(8-6-16)26(20,24)25/h5-8,13H,3-4,9-12H2,1-2H3,(H2,20,24,25). The number of aryl methyl sites for hydroxylation is 1. The van der Waals surface area contributed by atoms with Crippen molar-refractivity contribution in [3.8, 4) is 5.69 Å². The molecule has 3 rings (SSSR count). The second-order valence-corrected chi connectivity index (χ2v) is 8.44. The molecule has 1 aromatic heterocycles. The van der Waals surface area contributed by atoms with E-state index in [0.717, 1.165) is 42.3 Å². The number of primary sulfonamides is 1. The van der Waals surface area contributed by atoms with Gasteiger partial charge in [0.1, 0.15) is 0 Å². The van der Waals surface area contributed by atoms with Crippen molar-refractivity contribution in [3.63, 3.8) is 0 Å². The molecule has 1 saturated heterocycles. The van der Waals surface area contributed by atoms with Crippen molar-refractivity contribution < 1.29 is 13.2 Å². The van der Waals surface area contributed by atoms with Crippen LogP contribution in [0.15, 0.2) is 35.2 Å². The molecule has 0 radical (unpaired) electrons. The number of likely N-dealkylation sites (tertiary alicyclic amines) is 1. The van der Waals surface area contributed by atoms with Crippen LogP contribution in [0.1, 0.15) is 41.0 Å². The summed E-state index contributed by atoms with van der Waals surface area (Å²) in [5.41, 5.74) is 3.36. The number of Topliss-reactive ketones (excluding diaryl/α,β-unsaturated/α-hetero) is 1. The van der Waals surface area contributed by atoms with E-state index in [4.69, 9.17) is 5.14 Å². The minimum absolute atomic E-state index is 0.0747. The summed E-state index contributed by atoms with van der Waals surface area (Å²) in [5, 5.41) is 5.15. The number of hydrogen-bond donors (Lipinski definition) is 1. The van der Waals surface area contributed by atoms with E-state index in [2.05, 4.69) is 4.90 Å². The fourth-order valence-corrected chi connectivity index (χ4v) is 4.14. The number of hydrogen-bond acceptors (Lipinski definition) is 4. The van der Waals surface area contributed by atoms with E-state index < -0.39 is 10.0 Å². The Morgan fingerprint density at radius 3 is 2.31 bits per heavy atom. The van der Waals surface area contributed by atoms with Crippen LogP contribution in [0, 0.1) is 13.8 Å². The van der Waals surface area contributed by atoms with Crippen LogP contribution in [-0.4, -0.2) is 43.3 Å². The molecule has 0 bridgehead atoms. The van der Waals surface area contributed by atoms with Crippen molar-refractivity contribution in [3.05, 3.63) is 47.3 Å². The molecule has 1 fully saturated rings. The van der Waals surface area contributed by atoms with Crippen molar-refractivity contribution in [2.24, 2.45) is 5.14 Å². The Hall–Kier alpha value is -1.96. The van der Waals surface area contributed by atoms with E-state index in [0.29, 0.717) is 6.42 Å². The molecule has 2 aromatic rings. The molecule has 2 N–H and O–H groups in total. The molecule has 6 nitrogen and oxygen atoms in total. The summed E-state index contributed by atoms with van der Waals surface area (Å²) in [7, 11) is -3.71. The topological polar surface area (TPSA) is 85.4 Å². The molecule has 0 unspecified atom stereocenters. The Kier molecular flexibility index (Phi) is 5.32. The summed E-state index contributed by atoms with van der Waals surface area (Å²) in [5.74, 6) is 0.150. The van der Waals surface area contributed by atoms with Gasteiger partial charge in [0.2, 0.25) is 10.0 Å². The summed E-state index contributed by atoms with van der Waals surface area (Å²) in [6, 6.07) is 8.29. The van der Waals surface area contributed by atoms with Gasteiger partial charge >= 0.3 is 0 Å². The number of sulfonamides is 1. The van der Waals surface area contributed by atoms with E-state index in [9.17, 15) is 13.2 Å². The molecule has 1 aliphatic heterocycles. The van der Waals surface area contributed by atoms with Crippen molar-refractivity contribution in [2.75, 3.05) is 19.6 Å². The molecule has 1 aromatic carbocycles. The van der Waals surface area contributed by atoms with E-state index in [1.807, 2.05) is 24.5 Å². The van der Waals surface area contributed by atoms with Crippen LogP contribution in [0.4, 0.5) is 0 Å². The lowest BCUT2D eigenvalue weighted by Crippen LogP contribution is -2.22. The molecule has 26 heavy (non-hydrogen) atoms. The van der Waals surface area contributed by atoms with Gasteiger partial charge in [0.05, 0.1) is 4.90 Å². The van der Waals surface area contributed by atoms with Gasteiger partial charge in [0, 0.05) is 35.6 Å². The third-order valence-electron chi connectivity index (χ3n) is 5.01. The lowest BCUT2D eigenvalue weighted by molar-refractivity contribution is 0.0968. The number of carbonyl (C=O) groups is 1. The molecule has 0 aliphatic carbocycles. The molecular weight excluding hydrogens is 350 g/mol. The number of aromatic nitrogens is 1. The van der Waals surface area contributed by atoms with Crippen LogP contribution in [0.2, 0.25) is 0 Å². The average molecular weight is 375 g/mol. The molecular formula is C19H25N3O3S. The highest BCUT2D eigenvalue weighted by molar-refractivity contribution is 7.89. The predicted octanol–water partition coefficient (Wildman–Crippen LogP) is 2.41. The number of carbonyl (C=O) groups excluding carboxylic acids is 1. The highest BCUT2D eigenvalue weighted by Gasteiger charge is 2.19. The highest BCUT2D eigenvalue weighted by Crippen LogP contribution is 2.23. The molecule has 2 heterocycles. The van der Waals surface area contributed by atoms with E-state index in [-0.39, 0.29) is 10.7 Å². The highest BCUT2D eigenvalue weighted by atomic mass is 32.2. The second kappa shape index (κ2) is 7.34. The van der Waals surface area contributed by atoms with Crippen LogP contribution >= 0.6 is 0 Å². The molecule has 0 atom stereocenters. The summed E-state index contributed by atoms with van der Waals surface area (Å²) < 4.78 is 24.8. The van der Waals surface area contributed by atoms with Gasteiger partial charge in [-0.15, -0.1) is 0 Å². The summed E-state index contributed by atoms with van der Waals surface area (Å²) >= 11 is 0. The first-order valence-corrected chi connectivity index (χ1v) is 10.4. The van der Waals surface area contributed by atoms with Gasteiger partial charge in [-0.1, -0.05) is 0 Å². The van der Waals surface area contributed by atoms with Crippen molar-refractivity contribution in [1.82, 2.24) is 9.47 Å². The summed E-state index contributed by atoms with van der Waals surface area (Å²) in [6.07, 6.45) is 2.96.